The summed E-state index contributed by atoms with van der Waals surface area (Å²) >= 11 is 0. The highest BCUT2D eigenvalue weighted by Crippen LogP contribution is 2.37. The Morgan fingerprint density at radius 1 is 1.27 bits per heavy atom. The van der Waals surface area contributed by atoms with Gasteiger partial charge in [-0.1, -0.05) is 20.8 Å². The molecular formula is C18H25NO3. The number of Topliss-reactive ketones (excluding diaryl/α,β-unsaturated/α-hetero) is 1. The number of hydrogen-bond donors (Lipinski definition) is 0. The molecule has 4 nitrogen and oxygen atoms in total. The first-order chi connectivity index (χ1) is 10.4. The van der Waals surface area contributed by atoms with Gasteiger partial charge in [-0.2, -0.15) is 0 Å². The van der Waals surface area contributed by atoms with Crippen molar-refractivity contribution in [3.63, 3.8) is 0 Å². The summed E-state index contributed by atoms with van der Waals surface area (Å²) in [5.74, 6) is 0.855. The quantitative estimate of drug-likeness (QED) is 0.777. The average molecular weight is 303 g/mol. The van der Waals surface area contributed by atoms with Gasteiger partial charge in [0.1, 0.15) is 5.75 Å². The maximum atomic E-state index is 12.7. The number of carbonyl (C=O) groups excluding carboxylic acids is 2. The van der Waals surface area contributed by atoms with Gasteiger partial charge in [-0.05, 0) is 44.4 Å². The van der Waals surface area contributed by atoms with E-state index in [2.05, 4.69) is 0 Å². The SMILES string of the molecule is CCCC(=O)c1ccc2c(c1)N(C(C)C)C(=O)C(C(C)C)O2. The molecule has 0 spiro atoms. The monoisotopic (exact) mass is 303 g/mol. The Morgan fingerprint density at radius 3 is 2.50 bits per heavy atom. The van der Waals surface area contributed by atoms with Crippen molar-refractivity contribution >= 4 is 17.4 Å². The lowest BCUT2D eigenvalue weighted by atomic mass is 10.00. The first kappa shape index (κ1) is 16.5. The summed E-state index contributed by atoms with van der Waals surface area (Å²) in [5, 5.41) is 0. The Balaban J connectivity index is 2.46. The predicted molar refractivity (Wildman–Crippen MR) is 87.6 cm³/mol. The fourth-order valence-electron chi connectivity index (χ4n) is 2.75. The molecule has 1 aromatic carbocycles. The van der Waals surface area contributed by atoms with Crippen molar-refractivity contribution in [1.29, 1.82) is 0 Å². The van der Waals surface area contributed by atoms with Crippen LogP contribution in [0, 0.1) is 5.92 Å². The molecule has 1 aliphatic heterocycles. The van der Waals surface area contributed by atoms with Gasteiger partial charge in [-0.25, -0.2) is 0 Å². The highest BCUT2D eigenvalue weighted by Gasteiger charge is 2.37. The third-order valence-corrected chi connectivity index (χ3v) is 3.87. The van der Waals surface area contributed by atoms with E-state index in [1.807, 2.05) is 40.7 Å². The van der Waals surface area contributed by atoms with Gasteiger partial charge in [0.15, 0.2) is 11.9 Å². The lowest BCUT2D eigenvalue weighted by molar-refractivity contribution is -0.128. The fourth-order valence-corrected chi connectivity index (χ4v) is 2.75. The van der Waals surface area contributed by atoms with E-state index in [4.69, 9.17) is 4.74 Å². The number of nitrogens with zero attached hydrogens (tertiary/aromatic N) is 1. The van der Waals surface area contributed by atoms with Gasteiger partial charge >= 0.3 is 0 Å². The van der Waals surface area contributed by atoms with Crippen LogP contribution >= 0.6 is 0 Å². The van der Waals surface area contributed by atoms with Crippen LogP contribution in [-0.4, -0.2) is 23.8 Å². The van der Waals surface area contributed by atoms with Gasteiger partial charge in [-0.3, -0.25) is 9.59 Å². The Bertz CT molecular complexity index is 578. The molecule has 120 valence electrons. The number of benzene rings is 1. The van der Waals surface area contributed by atoms with Crippen LogP contribution in [0.4, 0.5) is 5.69 Å². The summed E-state index contributed by atoms with van der Waals surface area (Å²) in [4.78, 5) is 26.6. The number of anilines is 1. The lowest BCUT2D eigenvalue weighted by Crippen LogP contribution is -2.51. The van der Waals surface area contributed by atoms with E-state index in [0.29, 0.717) is 23.4 Å². The molecule has 0 saturated heterocycles. The van der Waals surface area contributed by atoms with Crippen molar-refractivity contribution in [3.05, 3.63) is 23.8 Å². The van der Waals surface area contributed by atoms with Crippen LogP contribution in [0.5, 0.6) is 5.75 Å². The molecule has 0 fully saturated rings. The van der Waals surface area contributed by atoms with E-state index >= 15 is 0 Å². The van der Waals surface area contributed by atoms with Gasteiger partial charge in [-0.15, -0.1) is 0 Å². The number of ketones is 1. The van der Waals surface area contributed by atoms with Gasteiger partial charge in [0, 0.05) is 18.0 Å². The van der Waals surface area contributed by atoms with Crippen LogP contribution in [0.1, 0.15) is 57.8 Å². The van der Waals surface area contributed by atoms with Crippen LogP contribution in [0.3, 0.4) is 0 Å². The minimum absolute atomic E-state index is 0.0212. The number of carbonyl (C=O) groups is 2. The minimum atomic E-state index is -0.466. The zero-order valence-corrected chi connectivity index (χ0v) is 14.1. The van der Waals surface area contributed by atoms with Crippen molar-refractivity contribution in [2.75, 3.05) is 4.90 Å². The van der Waals surface area contributed by atoms with Crippen LogP contribution in [0.25, 0.3) is 0 Å². The van der Waals surface area contributed by atoms with E-state index in [9.17, 15) is 9.59 Å². The topological polar surface area (TPSA) is 46.6 Å². The lowest BCUT2D eigenvalue weighted by Gasteiger charge is -2.38. The molecule has 1 aliphatic rings. The Hall–Kier alpha value is -1.84. The number of rotatable bonds is 5. The molecule has 22 heavy (non-hydrogen) atoms. The van der Waals surface area contributed by atoms with Crippen molar-refractivity contribution in [3.8, 4) is 5.75 Å². The third kappa shape index (κ3) is 3.01. The molecule has 2 rings (SSSR count). The van der Waals surface area contributed by atoms with E-state index in [0.717, 1.165) is 6.42 Å². The number of amides is 1. The molecule has 0 bridgehead atoms. The van der Waals surface area contributed by atoms with Crippen molar-refractivity contribution < 1.29 is 14.3 Å². The summed E-state index contributed by atoms with van der Waals surface area (Å²) in [6, 6.07) is 5.42. The van der Waals surface area contributed by atoms with Crippen LogP contribution < -0.4 is 9.64 Å². The molecule has 1 unspecified atom stereocenters. The van der Waals surface area contributed by atoms with E-state index in [1.165, 1.54) is 0 Å². The second-order valence-corrected chi connectivity index (χ2v) is 6.44. The number of hydrogen-bond acceptors (Lipinski definition) is 3. The largest absolute Gasteiger partial charge is 0.478 e. The predicted octanol–water partition coefficient (Wildman–Crippen LogP) is 3.83. The first-order valence-corrected chi connectivity index (χ1v) is 8.03. The molecule has 0 aliphatic carbocycles. The zero-order chi connectivity index (χ0) is 16.4. The smallest absolute Gasteiger partial charge is 0.268 e. The van der Waals surface area contributed by atoms with Gasteiger partial charge in [0.25, 0.3) is 5.91 Å². The van der Waals surface area contributed by atoms with Crippen molar-refractivity contribution in [2.45, 2.75) is 59.6 Å². The van der Waals surface area contributed by atoms with E-state index in [1.54, 1.807) is 17.0 Å². The van der Waals surface area contributed by atoms with Crippen LogP contribution in [-0.2, 0) is 4.79 Å². The van der Waals surface area contributed by atoms with Crippen LogP contribution in [0.15, 0.2) is 18.2 Å². The van der Waals surface area contributed by atoms with Gasteiger partial charge in [0.2, 0.25) is 0 Å². The summed E-state index contributed by atoms with van der Waals surface area (Å²) in [5.41, 5.74) is 1.35. The Morgan fingerprint density at radius 2 is 1.95 bits per heavy atom. The Kier molecular flexibility index (Phi) is 4.89. The molecule has 0 aromatic heterocycles. The third-order valence-electron chi connectivity index (χ3n) is 3.87. The number of ether oxygens (including phenoxy) is 1. The van der Waals surface area contributed by atoms with E-state index in [-0.39, 0.29) is 23.7 Å². The molecule has 1 atom stereocenters. The second-order valence-electron chi connectivity index (χ2n) is 6.44. The summed E-state index contributed by atoms with van der Waals surface area (Å²) < 4.78 is 5.88. The van der Waals surface area contributed by atoms with Crippen LogP contribution in [0.2, 0.25) is 0 Å². The fraction of sp³-hybridized carbons (Fsp3) is 0.556. The average Bonchev–Trinajstić information content (AvgIpc) is 2.45. The second kappa shape index (κ2) is 6.51. The maximum absolute atomic E-state index is 12.7. The molecule has 1 heterocycles. The maximum Gasteiger partial charge on any atom is 0.268 e. The minimum Gasteiger partial charge on any atom is -0.478 e. The summed E-state index contributed by atoms with van der Waals surface area (Å²) in [6.45, 7) is 9.89. The molecule has 4 heteroatoms. The number of fused-ring (bicyclic) bond motifs is 1. The highest BCUT2D eigenvalue weighted by atomic mass is 16.5. The summed E-state index contributed by atoms with van der Waals surface area (Å²) in [7, 11) is 0. The molecule has 1 amide bonds. The van der Waals surface area contributed by atoms with Crippen molar-refractivity contribution in [1.82, 2.24) is 0 Å². The molecular weight excluding hydrogens is 278 g/mol. The highest BCUT2D eigenvalue weighted by molar-refractivity contribution is 6.03. The molecule has 0 radical (unpaired) electrons. The molecule has 0 saturated carbocycles. The normalized spacial score (nSPS) is 17.7. The first-order valence-electron chi connectivity index (χ1n) is 8.03. The van der Waals surface area contributed by atoms with Crippen molar-refractivity contribution in [2.24, 2.45) is 5.92 Å². The Labute approximate surface area is 132 Å². The van der Waals surface area contributed by atoms with Gasteiger partial charge in [0.05, 0.1) is 5.69 Å². The molecule has 1 aromatic rings. The van der Waals surface area contributed by atoms with E-state index < -0.39 is 6.10 Å². The zero-order valence-electron chi connectivity index (χ0n) is 14.1. The van der Waals surface area contributed by atoms with Gasteiger partial charge < -0.3 is 9.64 Å². The molecule has 0 N–H and O–H groups in total. The summed E-state index contributed by atoms with van der Waals surface area (Å²) in [6.07, 6.45) is 0.866. The standard InChI is InChI=1S/C18H25NO3/c1-6-7-15(20)13-8-9-16-14(10-13)19(12(4)5)18(21)17(22-16)11(2)3/h8-12,17H,6-7H2,1-5H3.